The highest BCUT2D eigenvalue weighted by molar-refractivity contribution is 5.32. The molecule has 24 heavy (non-hydrogen) atoms. The number of nitriles is 1. The third kappa shape index (κ3) is 3.33. The largest absolute Gasteiger partial charge is 0.298 e. The van der Waals surface area contributed by atoms with Crippen LogP contribution in [-0.2, 0) is 13.1 Å². The lowest BCUT2D eigenvalue weighted by atomic mass is 10.0. The normalized spacial score (nSPS) is 24.0. The van der Waals surface area contributed by atoms with Gasteiger partial charge in [0.05, 0.1) is 17.3 Å². The van der Waals surface area contributed by atoms with Gasteiger partial charge in [-0.25, -0.2) is 0 Å². The molecule has 4 heteroatoms. The highest BCUT2D eigenvalue weighted by Crippen LogP contribution is 2.32. The fourth-order valence-electron chi connectivity index (χ4n) is 4.16. The van der Waals surface area contributed by atoms with Gasteiger partial charge in [-0.05, 0) is 41.7 Å². The number of rotatable bonds is 4. The van der Waals surface area contributed by atoms with Crippen LogP contribution in [0.1, 0.15) is 16.8 Å². The Morgan fingerprint density at radius 3 is 2.38 bits per heavy atom. The second-order valence-corrected chi connectivity index (χ2v) is 7.04. The zero-order valence-corrected chi connectivity index (χ0v) is 13.8. The van der Waals surface area contributed by atoms with Crippen molar-refractivity contribution in [2.75, 3.05) is 26.2 Å². The van der Waals surface area contributed by atoms with E-state index in [1.165, 1.54) is 37.4 Å². The summed E-state index contributed by atoms with van der Waals surface area (Å²) in [4.78, 5) is 9.54. The Kier molecular flexibility index (Phi) is 4.29. The first-order valence-corrected chi connectivity index (χ1v) is 8.64. The summed E-state index contributed by atoms with van der Waals surface area (Å²) < 4.78 is 0. The molecule has 3 heterocycles. The zero-order valence-electron chi connectivity index (χ0n) is 13.8. The minimum Gasteiger partial charge on any atom is -0.298 e. The number of pyridine rings is 1. The minimum absolute atomic E-state index is 0.758. The van der Waals surface area contributed by atoms with Crippen LogP contribution in [0.15, 0.2) is 48.7 Å². The van der Waals surface area contributed by atoms with E-state index in [4.69, 9.17) is 5.26 Å². The third-order valence-corrected chi connectivity index (χ3v) is 5.21. The van der Waals surface area contributed by atoms with Crippen molar-refractivity contribution in [3.05, 3.63) is 65.5 Å². The van der Waals surface area contributed by atoms with Gasteiger partial charge in [0.15, 0.2) is 0 Å². The third-order valence-electron chi connectivity index (χ3n) is 5.21. The van der Waals surface area contributed by atoms with E-state index in [1.54, 1.807) is 0 Å². The molecule has 2 aliphatic heterocycles. The lowest BCUT2D eigenvalue weighted by Crippen LogP contribution is -2.28. The summed E-state index contributed by atoms with van der Waals surface area (Å²) in [5.74, 6) is 1.54. The van der Waals surface area contributed by atoms with Gasteiger partial charge >= 0.3 is 0 Å². The first-order chi connectivity index (χ1) is 11.8. The number of nitrogens with zero attached hydrogens (tertiary/aromatic N) is 4. The van der Waals surface area contributed by atoms with Crippen molar-refractivity contribution < 1.29 is 0 Å². The van der Waals surface area contributed by atoms with Crippen molar-refractivity contribution in [1.82, 2.24) is 14.8 Å². The van der Waals surface area contributed by atoms with Crippen molar-refractivity contribution in [3.63, 3.8) is 0 Å². The molecular weight excluding hydrogens is 296 g/mol. The van der Waals surface area contributed by atoms with Gasteiger partial charge in [-0.2, -0.15) is 5.26 Å². The summed E-state index contributed by atoms with van der Waals surface area (Å²) in [5.41, 5.74) is 3.18. The van der Waals surface area contributed by atoms with Gasteiger partial charge in [0, 0.05) is 45.5 Å². The standard InChI is InChI=1S/C20H22N4/c21-9-16-4-3-5-17(8-16)10-23-11-18-13-24(14-19(18)12-23)15-20-6-1-2-7-22-20/h1-8,18-19H,10-15H2/t18-,19+. The molecule has 0 spiro atoms. The zero-order chi connectivity index (χ0) is 16.4. The number of aromatic nitrogens is 1. The van der Waals surface area contributed by atoms with Crippen molar-refractivity contribution in [2.24, 2.45) is 11.8 Å². The Labute approximate surface area is 143 Å². The molecule has 2 aliphatic rings. The summed E-state index contributed by atoms with van der Waals surface area (Å²) in [6.45, 7) is 6.62. The first-order valence-electron chi connectivity index (χ1n) is 8.64. The monoisotopic (exact) mass is 318 g/mol. The van der Waals surface area contributed by atoms with E-state index in [0.717, 1.165) is 30.5 Å². The molecule has 2 saturated heterocycles. The fourth-order valence-corrected chi connectivity index (χ4v) is 4.16. The minimum atomic E-state index is 0.758. The highest BCUT2D eigenvalue weighted by atomic mass is 15.2. The molecule has 1 aromatic carbocycles. The van der Waals surface area contributed by atoms with Crippen LogP contribution < -0.4 is 0 Å². The molecule has 4 nitrogen and oxygen atoms in total. The molecule has 0 aliphatic carbocycles. The van der Waals surface area contributed by atoms with Crippen molar-refractivity contribution >= 4 is 0 Å². The lowest BCUT2D eigenvalue weighted by Gasteiger charge is -2.21. The van der Waals surface area contributed by atoms with Gasteiger partial charge in [0.25, 0.3) is 0 Å². The maximum atomic E-state index is 9.03. The number of benzene rings is 1. The molecule has 0 saturated carbocycles. The smallest absolute Gasteiger partial charge is 0.0991 e. The van der Waals surface area contributed by atoms with Crippen LogP contribution in [0.3, 0.4) is 0 Å². The van der Waals surface area contributed by atoms with E-state index < -0.39 is 0 Å². The van der Waals surface area contributed by atoms with Crippen LogP contribution in [0.2, 0.25) is 0 Å². The second kappa shape index (κ2) is 6.72. The molecule has 4 rings (SSSR count). The molecule has 2 fully saturated rings. The Morgan fingerprint density at radius 1 is 0.958 bits per heavy atom. The summed E-state index contributed by atoms with van der Waals surface area (Å²) in [6, 6.07) is 16.4. The van der Waals surface area contributed by atoms with Crippen LogP contribution in [0.4, 0.5) is 0 Å². The van der Waals surface area contributed by atoms with Crippen molar-refractivity contribution in [3.8, 4) is 6.07 Å². The average molecular weight is 318 g/mol. The van der Waals surface area contributed by atoms with E-state index >= 15 is 0 Å². The van der Waals surface area contributed by atoms with E-state index in [0.29, 0.717) is 0 Å². The van der Waals surface area contributed by atoms with Gasteiger partial charge < -0.3 is 0 Å². The Bertz CT molecular complexity index is 723. The molecule has 2 atom stereocenters. The van der Waals surface area contributed by atoms with Crippen LogP contribution in [0, 0.1) is 23.2 Å². The predicted molar refractivity (Wildman–Crippen MR) is 92.9 cm³/mol. The topological polar surface area (TPSA) is 43.2 Å². The lowest BCUT2D eigenvalue weighted by molar-refractivity contribution is 0.245. The molecule has 0 bridgehead atoms. The second-order valence-electron chi connectivity index (χ2n) is 7.04. The van der Waals surface area contributed by atoms with E-state index in [2.05, 4.69) is 39.1 Å². The highest BCUT2D eigenvalue weighted by Gasteiger charge is 2.39. The Hall–Kier alpha value is -2.22. The molecule has 0 unspecified atom stereocenters. The van der Waals surface area contributed by atoms with Gasteiger partial charge in [0.1, 0.15) is 0 Å². The SMILES string of the molecule is N#Cc1cccc(CN2C[C@@H]3CN(Cc4ccccn4)C[C@@H]3C2)c1. The molecular formula is C20H22N4. The van der Waals surface area contributed by atoms with Crippen LogP contribution in [0.25, 0.3) is 0 Å². The van der Waals surface area contributed by atoms with Crippen molar-refractivity contribution in [1.29, 1.82) is 5.26 Å². The molecule has 2 aromatic rings. The molecule has 0 radical (unpaired) electrons. The van der Waals surface area contributed by atoms with Gasteiger partial charge in [-0.1, -0.05) is 18.2 Å². The molecule has 122 valence electrons. The van der Waals surface area contributed by atoms with Crippen LogP contribution in [-0.4, -0.2) is 41.0 Å². The molecule has 0 N–H and O–H groups in total. The van der Waals surface area contributed by atoms with Gasteiger partial charge in [-0.15, -0.1) is 0 Å². The number of fused-ring (bicyclic) bond motifs is 1. The summed E-state index contributed by atoms with van der Waals surface area (Å²) in [7, 11) is 0. The van der Waals surface area contributed by atoms with Crippen molar-refractivity contribution in [2.45, 2.75) is 13.1 Å². The Morgan fingerprint density at radius 2 is 1.71 bits per heavy atom. The fraction of sp³-hybridized carbons (Fsp3) is 0.400. The van der Waals surface area contributed by atoms with E-state index in [1.807, 2.05) is 30.5 Å². The quantitative estimate of drug-likeness (QED) is 0.869. The van der Waals surface area contributed by atoms with Crippen LogP contribution >= 0.6 is 0 Å². The van der Waals surface area contributed by atoms with E-state index in [9.17, 15) is 0 Å². The van der Waals surface area contributed by atoms with E-state index in [-0.39, 0.29) is 0 Å². The number of likely N-dealkylation sites (tertiary alicyclic amines) is 2. The summed E-state index contributed by atoms with van der Waals surface area (Å²) in [6.07, 6.45) is 1.88. The Balaban J connectivity index is 1.32. The maximum absolute atomic E-state index is 9.03. The molecule has 1 aromatic heterocycles. The van der Waals surface area contributed by atoms with Crippen LogP contribution in [0.5, 0.6) is 0 Å². The first kappa shape index (κ1) is 15.3. The van der Waals surface area contributed by atoms with Gasteiger partial charge in [-0.3, -0.25) is 14.8 Å². The average Bonchev–Trinajstić information content (AvgIpc) is 3.13. The number of hydrogen-bond donors (Lipinski definition) is 0. The molecule has 0 amide bonds. The van der Waals surface area contributed by atoms with Gasteiger partial charge in [0.2, 0.25) is 0 Å². The predicted octanol–water partition coefficient (Wildman–Crippen LogP) is 2.52. The maximum Gasteiger partial charge on any atom is 0.0991 e. The summed E-state index contributed by atoms with van der Waals surface area (Å²) in [5, 5.41) is 9.03. The number of hydrogen-bond acceptors (Lipinski definition) is 4. The summed E-state index contributed by atoms with van der Waals surface area (Å²) >= 11 is 0.